The Labute approximate surface area is 112 Å². The molecule has 2 aliphatic rings. The van der Waals surface area contributed by atoms with E-state index >= 15 is 0 Å². The molecule has 3 nitrogen and oxygen atoms in total. The van der Waals surface area contributed by atoms with Gasteiger partial charge in [0.2, 0.25) is 0 Å². The van der Waals surface area contributed by atoms with Crippen LogP contribution >= 0.6 is 0 Å². The summed E-state index contributed by atoms with van der Waals surface area (Å²) in [6.07, 6.45) is 9.62. The molecule has 0 radical (unpaired) electrons. The van der Waals surface area contributed by atoms with Gasteiger partial charge in [-0.2, -0.15) is 0 Å². The first-order chi connectivity index (χ1) is 8.88. The summed E-state index contributed by atoms with van der Waals surface area (Å²) in [6.45, 7) is 8.20. The summed E-state index contributed by atoms with van der Waals surface area (Å²) in [4.78, 5) is 2.63. The van der Waals surface area contributed by atoms with E-state index < -0.39 is 0 Å². The van der Waals surface area contributed by atoms with Gasteiger partial charge in [0.15, 0.2) is 0 Å². The fraction of sp³-hybridized carbons (Fsp3) is 1.00. The third kappa shape index (κ3) is 4.87. The van der Waals surface area contributed by atoms with Crippen LogP contribution in [0.2, 0.25) is 0 Å². The highest BCUT2D eigenvalue weighted by atomic mass is 16.5. The van der Waals surface area contributed by atoms with Crippen molar-refractivity contribution < 1.29 is 4.74 Å². The van der Waals surface area contributed by atoms with Gasteiger partial charge in [0, 0.05) is 19.2 Å². The van der Waals surface area contributed by atoms with Gasteiger partial charge in [-0.3, -0.25) is 0 Å². The lowest BCUT2D eigenvalue weighted by molar-refractivity contribution is 0.00409. The van der Waals surface area contributed by atoms with Crippen LogP contribution in [0.3, 0.4) is 0 Å². The Morgan fingerprint density at radius 2 is 2.00 bits per heavy atom. The van der Waals surface area contributed by atoms with Crippen molar-refractivity contribution in [1.29, 1.82) is 0 Å². The van der Waals surface area contributed by atoms with E-state index in [1.165, 1.54) is 71.1 Å². The average Bonchev–Trinajstić information content (AvgIpc) is 2.45. The second-order valence-electron chi connectivity index (χ2n) is 5.85. The molecule has 0 amide bonds. The number of ether oxygens (including phenoxy) is 1. The molecule has 2 saturated heterocycles. The smallest absolute Gasteiger partial charge is 0.0587 e. The van der Waals surface area contributed by atoms with E-state index in [1.807, 2.05) is 0 Å². The van der Waals surface area contributed by atoms with Crippen LogP contribution in [0.1, 0.15) is 51.9 Å². The summed E-state index contributed by atoms with van der Waals surface area (Å²) in [5, 5.41) is 3.65. The highest BCUT2D eigenvalue weighted by Crippen LogP contribution is 2.17. The monoisotopic (exact) mass is 254 g/mol. The quantitative estimate of drug-likeness (QED) is 0.788. The summed E-state index contributed by atoms with van der Waals surface area (Å²) >= 11 is 0. The van der Waals surface area contributed by atoms with Gasteiger partial charge in [0.1, 0.15) is 0 Å². The van der Waals surface area contributed by atoms with Gasteiger partial charge in [-0.15, -0.1) is 0 Å². The van der Waals surface area contributed by atoms with Gasteiger partial charge < -0.3 is 15.0 Å². The van der Waals surface area contributed by atoms with Crippen LogP contribution < -0.4 is 5.32 Å². The third-order valence-corrected chi connectivity index (χ3v) is 4.31. The Morgan fingerprint density at radius 3 is 2.67 bits per heavy atom. The minimum absolute atomic E-state index is 0.551. The molecular formula is C15H30N2O. The molecule has 0 spiro atoms. The lowest BCUT2D eigenvalue weighted by atomic mass is 10.0. The van der Waals surface area contributed by atoms with Crippen LogP contribution in [0.4, 0.5) is 0 Å². The summed E-state index contributed by atoms with van der Waals surface area (Å²) in [6, 6.07) is 0.770. The van der Waals surface area contributed by atoms with Crippen molar-refractivity contribution in [2.45, 2.75) is 64.0 Å². The van der Waals surface area contributed by atoms with Crippen molar-refractivity contribution in [3.05, 3.63) is 0 Å². The molecule has 2 heterocycles. The van der Waals surface area contributed by atoms with E-state index in [0.29, 0.717) is 6.10 Å². The zero-order valence-corrected chi connectivity index (χ0v) is 12.0. The van der Waals surface area contributed by atoms with Gasteiger partial charge >= 0.3 is 0 Å². The van der Waals surface area contributed by atoms with Crippen molar-refractivity contribution in [2.75, 3.05) is 32.8 Å². The van der Waals surface area contributed by atoms with Crippen LogP contribution in [0, 0.1) is 0 Å². The van der Waals surface area contributed by atoms with Gasteiger partial charge in [-0.25, -0.2) is 0 Å². The number of likely N-dealkylation sites (tertiary alicyclic amines) is 1. The van der Waals surface area contributed by atoms with Crippen molar-refractivity contribution in [1.82, 2.24) is 10.2 Å². The molecule has 0 aromatic heterocycles. The molecule has 1 N–H and O–H groups in total. The largest absolute Gasteiger partial charge is 0.378 e. The van der Waals surface area contributed by atoms with Crippen LogP contribution in [-0.4, -0.2) is 49.8 Å². The summed E-state index contributed by atoms with van der Waals surface area (Å²) in [7, 11) is 0. The number of piperidine rings is 1. The number of hydrogen-bond donors (Lipinski definition) is 1. The maximum Gasteiger partial charge on any atom is 0.0587 e. The van der Waals surface area contributed by atoms with E-state index in [4.69, 9.17) is 4.74 Å². The molecule has 0 aromatic carbocycles. The lowest BCUT2D eigenvalue weighted by Crippen LogP contribution is -2.43. The van der Waals surface area contributed by atoms with Crippen LogP contribution in [0.25, 0.3) is 0 Å². The topological polar surface area (TPSA) is 24.5 Å². The minimum atomic E-state index is 0.551. The third-order valence-electron chi connectivity index (χ3n) is 4.31. The normalized spacial score (nSPS) is 27.5. The minimum Gasteiger partial charge on any atom is -0.378 e. The SMILES string of the molecule is CCCNC1CCN(CCC2CCCCO2)CC1. The van der Waals surface area contributed by atoms with Crippen molar-refractivity contribution >= 4 is 0 Å². The predicted molar refractivity (Wildman–Crippen MR) is 76.0 cm³/mol. The molecule has 0 saturated carbocycles. The summed E-state index contributed by atoms with van der Waals surface area (Å²) in [5.41, 5.74) is 0. The predicted octanol–water partition coefficient (Wildman–Crippen LogP) is 2.41. The zero-order chi connectivity index (χ0) is 12.6. The maximum absolute atomic E-state index is 5.80. The van der Waals surface area contributed by atoms with Crippen molar-refractivity contribution in [2.24, 2.45) is 0 Å². The van der Waals surface area contributed by atoms with E-state index in [0.717, 1.165) is 12.6 Å². The molecule has 1 unspecified atom stereocenters. The molecule has 2 aliphatic heterocycles. The fourth-order valence-corrected chi connectivity index (χ4v) is 3.07. The number of rotatable bonds is 6. The summed E-state index contributed by atoms with van der Waals surface area (Å²) < 4.78 is 5.80. The lowest BCUT2D eigenvalue weighted by Gasteiger charge is -2.33. The Kier molecular flexibility index (Phi) is 6.46. The van der Waals surface area contributed by atoms with Gasteiger partial charge in [-0.1, -0.05) is 6.92 Å². The van der Waals surface area contributed by atoms with Gasteiger partial charge in [0.25, 0.3) is 0 Å². The van der Waals surface area contributed by atoms with E-state index in [2.05, 4.69) is 17.1 Å². The van der Waals surface area contributed by atoms with Crippen LogP contribution in [0.5, 0.6) is 0 Å². The second-order valence-corrected chi connectivity index (χ2v) is 5.85. The summed E-state index contributed by atoms with van der Waals surface area (Å²) in [5.74, 6) is 0. The van der Waals surface area contributed by atoms with Crippen LogP contribution in [-0.2, 0) is 4.74 Å². The highest BCUT2D eigenvalue weighted by Gasteiger charge is 2.20. The first kappa shape index (κ1) is 14.3. The molecule has 18 heavy (non-hydrogen) atoms. The van der Waals surface area contributed by atoms with Crippen molar-refractivity contribution in [3.8, 4) is 0 Å². The van der Waals surface area contributed by atoms with Crippen molar-refractivity contribution in [3.63, 3.8) is 0 Å². The van der Waals surface area contributed by atoms with E-state index in [-0.39, 0.29) is 0 Å². The highest BCUT2D eigenvalue weighted by molar-refractivity contribution is 4.78. The molecule has 2 rings (SSSR count). The Balaban J connectivity index is 1.55. The number of nitrogens with zero attached hydrogens (tertiary/aromatic N) is 1. The van der Waals surface area contributed by atoms with Crippen LogP contribution in [0.15, 0.2) is 0 Å². The molecule has 3 heteroatoms. The first-order valence-electron chi connectivity index (χ1n) is 7.96. The molecule has 2 fully saturated rings. The van der Waals surface area contributed by atoms with E-state index in [1.54, 1.807) is 0 Å². The maximum atomic E-state index is 5.80. The second kappa shape index (κ2) is 8.13. The molecule has 0 aliphatic carbocycles. The molecule has 1 atom stereocenters. The molecular weight excluding hydrogens is 224 g/mol. The molecule has 0 aromatic rings. The standard InChI is InChI=1S/C15H30N2O/c1-2-9-16-14-6-10-17(11-7-14)12-8-15-5-3-4-13-18-15/h14-16H,2-13H2,1H3. The zero-order valence-electron chi connectivity index (χ0n) is 12.0. The Morgan fingerprint density at radius 1 is 1.17 bits per heavy atom. The Hall–Kier alpha value is -0.120. The first-order valence-corrected chi connectivity index (χ1v) is 7.96. The van der Waals surface area contributed by atoms with Gasteiger partial charge in [0.05, 0.1) is 6.10 Å². The average molecular weight is 254 g/mol. The fourth-order valence-electron chi connectivity index (χ4n) is 3.07. The molecule has 106 valence electrons. The van der Waals surface area contributed by atoms with E-state index in [9.17, 15) is 0 Å². The number of nitrogens with one attached hydrogen (secondary N) is 1. The molecule has 0 bridgehead atoms. The Bertz CT molecular complexity index is 209. The number of hydrogen-bond acceptors (Lipinski definition) is 3. The van der Waals surface area contributed by atoms with Gasteiger partial charge in [-0.05, 0) is 64.6 Å².